The Morgan fingerprint density at radius 1 is 1.00 bits per heavy atom. The molecule has 3 rings (SSSR count). The van der Waals surface area contributed by atoms with Crippen molar-refractivity contribution in [2.24, 2.45) is 0 Å². The summed E-state index contributed by atoms with van der Waals surface area (Å²) < 4.78 is 5.30. The summed E-state index contributed by atoms with van der Waals surface area (Å²) in [5.74, 6) is 1.38. The van der Waals surface area contributed by atoms with E-state index in [1.807, 2.05) is 37.3 Å². The van der Waals surface area contributed by atoms with Gasteiger partial charge in [-0.25, -0.2) is 4.98 Å². The highest BCUT2D eigenvalue weighted by molar-refractivity contribution is 5.66. The lowest BCUT2D eigenvalue weighted by atomic mass is 10.0. The van der Waals surface area contributed by atoms with Crippen LogP contribution < -0.4 is 15.8 Å². The number of nitrogens with one attached hydrogen (secondary N) is 1. The molecule has 0 aliphatic carbocycles. The lowest BCUT2D eigenvalue weighted by Gasteiger charge is -2.11. The SMILES string of the molecule is COc1cccc(-c2cccc(CNc3ccc(C)nc3N)c2)c1. The molecule has 0 bridgehead atoms. The molecule has 0 aliphatic rings. The zero-order valence-electron chi connectivity index (χ0n) is 13.9. The number of aromatic nitrogens is 1. The third-order valence-electron chi connectivity index (χ3n) is 3.88. The molecule has 0 fully saturated rings. The zero-order chi connectivity index (χ0) is 16.9. The molecule has 0 unspecified atom stereocenters. The Kier molecular flexibility index (Phi) is 4.66. The Morgan fingerprint density at radius 3 is 2.50 bits per heavy atom. The molecular formula is C20H21N3O. The number of pyridine rings is 1. The van der Waals surface area contributed by atoms with E-state index in [1.54, 1.807) is 7.11 Å². The maximum Gasteiger partial charge on any atom is 0.147 e. The minimum Gasteiger partial charge on any atom is -0.497 e. The summed E-state index contributed by atoms with van der Waals surface area (Å²) in [4.78, 5) is 4.27. The second kappa shape index (κ2) is 7.04. The molecule has 3 aromatic rings. The first-order valence-corrected chi connectivity index (χ1v) is 7.86. The van der Waals surface area contributed by atoms with Gasteiger partial charge in [0.15, 0.2) is 0 Å². The summed E-state index contributed by atoms with van der Waals surface area (Å²) in [6.45, 7) is 2.62. The van der Waals surface area contributed by atoms with Crippen LogP contribution in [0.5, 0.6) is 5.75 Å². The average Bonchev–Trinajstić information content (AvgIpc) is 2.61. The number of methoxy groups -OCH3 is 1. The normalized spacial score (nSPS) is 10.4. The molecule has 24 heavy (non-hydrogen) atoms. The fourth-order valence-corrected chi connectivity index (χ4v) is 2.59. The molecule has 4 nitrogen and oxygen atoms in total. The van der Waals surface area contributed by atoms with Gasteiger partial charge in [-0.2, -0.15) is 0 Å². The van der Waals surface area contributed by atoms with E-state index in [9.17, 15) is 0 Å². The highest BCUT2D eigenvalue weighted by atomic mass is 16.5. The lowest BCUT2D eigenvalue weighted by Crippen LogP contribution is -2.04. The van der Waals surface area contributed by atoms with Gasteiger partial charge in [-0.05, 0) is 53.9 Å². The molecule has 0 aliphatic heterocycles. The molecule has 0 saturated heterocycles. The van der Waals surface area contributed by atoms with E-state index in [4.69, 9.17) is 10.5 Å². The highest BCUT2D eigenvalue weighted by Gasteiger charge is 2.03. The van der Waals surface area contributed by atoms with Crippen molar-refractivity contribution in [1.29, 1.82) is 0 Å². The molecule has 1 aromatic heterocycles. The number of hydrogen-bond acceptors (Lipinski definition) is 4. The van der Waals surface area contributed by atoms with E-state index in [1.165, 1.54) is 5.56 Å². The van der Waals surface area contributed by atoms with Gasteiger partial charge in [-0.15, -0.1) is 0 Å². The van der Waals surface area contributed by atoms with Crippen molar-refractivity contribution in [1.82, 2.24) is 4.98 Å². The highest BCUT2D eigenvalue weighted by Crippen LogP contribution is 2.25. The maximum absolute atomic E-state index is 5.95. The first-order chi connectivity index (χ1) is 11.7. The minimum atomic E-state index is 0.527. The van der Waals surface area contributed by atoms with Crippen LogP contribution in [0.15, 0.2) is 60.7 Å². The smallest absolute Gasteiger partial charge is 0.147 e. The quantitative estimate of drug-likeness (QED) is 0.737. The van der Waals surface area contributed by atoms with Crippen molar-refractivity contribution in [3.8, 4) is 16.9 Å². The first-order valence-electron chi connectivity index (χ1n) is 7.86. The van der Waals surface area contributed by atoms with Gasteiger partial charge in [0.05, 0.1) is 12.8 Å². The number of hydrogen-bond donors (Lipinski definition) is 2. The number of benzene rings is 2. The number of nitrogen functional groups attached to an aromatic ring is 1. The third-order valence-corrected chi connectivity index (χ3v) is 3.88. The molecular weight excluding hydrogens is 298 g/mol. The van der Waals surface area contributed by atoms with Crippen molar-refractivity contribution in [3.63, 3.8) is 0 Å². The van der Waals surface area contributed by atoms with Gasteiger partial charge >= 0.3 is 0 Å². The molecule has 4 heteroatoms. The van der Waals surface area contributed by atoms with Gasteiger partial charge in [-0.1, -0.05) is 30.3 Å². The topological polar surface area (TPSA) is 60.2 Å². The van der Waals surface area contributed by atoms with Crippen LogP contribution in [0.4, 0.5) is 11.5 Å². The van der Waals surface area contributed by atoms with E-state index >= 15 is 0 Å². The lowest BCUT2D eigenvalue weighted by molar-refractivity contribution is 0.415. The predicted molar refractivity (Wildman–Crippen MR) is 99.1 cm³/mol. The number of aryl methyl sites for hydroxylation is 1. The maximum atomic E-state index is 5.95. The van der Waals surface area contributed by atoms with E-state index in [-0.39, 0.29) is 0 Å². The van der Waals surface area contributed by atoms with Gasteiger partial charge in [-0.3, -0.25) is 0 Å². The average molecular weight is 319 g/mol. The number of nitrogens with two attached hydrogens (primary N) is 1. The van der Waals surface area contributed by atoms with Gasteiger partial charge in [0.25, 0.3) is 0 Å². The Hall–Kier alpha value is -3.01. The van der Waals surface area contributed by atoms with E-state index in [0.29, 0.717) is 12.4 Å². The van der Waals surface area contributed by atoms with Gasteiger partial charge < -0.3 is 15.8 Å². The largest absolute Gasteiger partial charge is 0.497 e. The summed E-state index contributed by atoms with van der Waals surface area (Å²) >= 11 is 0. The fraction of sp³-hybridized carbons (Fsp3) is 0.150. The van der Waals surface area contributed by atoms with Gasteiger partial charge in [0.2, 0.25) is 0 Å². The van der Waals surface area contributed by atoms with Gasteiger partial charge in [0.1, 0.15) is 11.6 Å². The summed E-state index contributed by atoms with van der Waals surface area (Å²) in [7, 11) is 1.68. The van der Waals surface area contributed by atoms with Crippen molar-refractivity contribution < 1.29 is 4.74 Å². The number of anilines is 2. The molecule has 122 valence electrons. The van der Waals surface area contributed by atoms with Crippen molar-refractivity contribution in [3.05, 3.63) is 71.9 Å². The molecule has 0 saturated carbocycles. The Balaban J connectivity index is 1.77. The Bertz CT molecular complexity index is 846. The molecule has 0 spiro atoms. The number of nitrogens with zero attached hydrogens (tertiary/aromatic N) is 1. The van der Waals surface area contributed by atoms with E-state index in [2.05, 4.69) is 40.6 Å². The summed E-state index contributed by atoms with van der Waals surface area (Å²) in [5, 5.41) is 3.35. The number of rotatable bonds is 5. The first kappa shape index (κ1) is 15.9. The third kappa shape index (κ3) is 3.66. The van der Waals surface area contributed by atoms with Crippen LogP contribution in [0.3, 0.4) is 0 Å². The standard InChI is InChI=1S/C20H21N3O/c1-14-9-10-19(20(21)23-14)22-13-15-5-3-6-16(11-15)17-7-4-8-18(12-17)24-2/h3-12,22H,13H2,1-2H3,(H2,21,23). The molecule has 2 aromatic carbocycles. The van der Waals surface area contributed by atoms with Crippen molar-refractivity contribution in [2.75, 3.05) is 18.2 Å². The zero-order valence-corrected chi connectivity index (χ0v) is 13.9. The second-order valence-electron chi connectivity index (χ2n) is 5.67. The Morgan fingerprint density at radius 2 is 1.75 bits per heavy atom. The molecule has 0 atom stereocenters. The van der Waals surface area contributed by atoms with Gasteiger partial charge in [0, 0.05) is 12.2 Å². The van der Waals surface area contributed by atoms with Crippen molar-refractivity contribution in [2.45, 2.75) is 13.5 Å². The molecule has 1 heterocycles. The second-order valence-corrected chi connectivity index (χ2v) is 5.67. The summed E-state index contributed by atoms with van der Waals surface area (Å²) in [6, 6.07) is 20.4. The molecule has 0 radical (unpaired) electrons. The summed E-state index contributed by atoms with van der Waals surface area (Å²) in [6.07, 6.45) is 0. The van der Waals surface area contributed by atoms with Crippen LogP contribution in [0.25, 0.3) is 11.1 Å². The number of ether oxygens (including phenoxy) is 1. The van der Waals surface area contributed by atoms with Crippen LogP contribution in [-0.2, 0) is 6.54 Å². The molecule has 3 N–H and O–H groups in total. The van der Waals surface area contributed by atoms with Crippen LogP contribution >= 0.6 is 0 Å². The van der Waals surface area contributed by atoms with Crippen LogP contribution in [0, 0.1) is 6.92 Å². The van der Waals surface area contributed by atoms with Crippen LogP contribution in [0.1, 0.15) is 11.3 Å². The van der Waals surface area contributed by atoms with Crippen LogP contribution in [-0.4, -0.2) is 12.1 Å². The van der Waals surface area contributed by atoms with E-state index in [0.717, 1.165) is 28.3 Å². The Labute approximate surface area is 142 Å². The monoisotopic (exact) mass is 319 g/mol. The molecule has 0 amide bonds. The predicted octanol–water partition coefficient (Wildman–Crippen LogP) is 4.26. The van der Waals surface area contributed by atoms with Crippen molar-refractivity contribution >= 4 is 11.5 Å². The summed E-state index contributed by atoms with van der Waals surface area (Å²) in [5.41, 5.74) is 11.2. The van der Waals surface area contributed by atoms with Crippen LogP contribution in [0.2, 0.25) is 0 Å². The van der Waals surface area contributed by atoms with E-state index < -0.39 is 0 Å². The fourth-order valence-electron chi connectivity index (χ4n) is 2.59. The minimum absolute atomic E-state index is 0.527.